The van der Waals surface area contributed by atoms with Crippen molar-refractivity contribution >= 4 is 29.7 Å². The second-order valence-electron chi connectivity index (χ2n) is 13.8. The number of allylic oxidation sites excluding steroid dienone is 2. The van der Waals surface area contributed by atoms with Crippen molar-refractivity contribution < 1.29 is 33.4 Å². The van der Waals surface area contributed by atoms with Gasteiger partial charge >= 0.3 is 11.9 Å². The molecule has 3 N–H and O–H groups in total. The standard InChI is InChI=1S/C37H65N3O7/c1-6-7-8-9-10-11-12-13-14-15-16-17-18-19-20-25-33(43)39-31-23-21-22-24-32(31)40-34(44)26-27-38-36(45)35(47-30(3)42)37(4,5)28-46-29(2)41/h13-14,31-32,35H,6-12,15-28H2,1-5H3,(H,38,45)(H,39,43)(H,40,44)/b14-13-/t31-,32-,35+/m1/s1. The van der Waals surface area contributed by atoms with E-state index < -0.39 is 29.4 Å². The smallest absolute Gasteiger partial charge is 0.303 e. The molecule has 47 heavy (non-hydrogen) atoms. The number of rotatable bonds is 25. The molecule has 10 nitrogen and oxygen atoms in total. The molecule has 0 aliphatic heterocycles. The molecule has 1 rings (SSSR count). The highest BCUT2D eigenvalue weighted by molar-refractivity contribution is 5.85. The SMILES string of the molecule is CCCCCCCC/C=C\CCCCCCCC(=O)N[C@@H]1CCCC[C@H]1NC(=O)CCNC(=O)[C@H](OC(C)=O)C(C)(C)COC(C)=O. The molecule has 3 amide bonds. The van der Waals surface area contributed by atoms with Crippen LogP contribution in [-0.4, -0.2) is 61.0 Å². The van der Waals surface area contributed by atoms with E-state index >= 15 is 0 Å². The molecule has 0 aromatic carbocycles. The average molecular weight is 664 g/mol. The molecule has 0 radical (unpaired) electrons. The number of amides is 3. The van der Waals surface area contributed by atoms with E-state index in [-0.39, 0.29) is 43.5 Å². The van der Waals surface area contributed by atoms with Gasteiger partial charge in [0, 0.05) is 50.7 Å². The van der Waals surface area contributed by atoms with Gasteiger partial charge in [-0.2, -0.15) is 0 Å². The number of nitrogens with one attached hydrogen (secondary N) is 3. The number of esters is 2. The first-order valence-corrected chi connectivity index (χ1v) is 18.3. The van der Waals surface area contributed by atoms with Crippen molar-refractivity contribution in [3.05, 3.63) is 12.2 Å². The van der Waals surface area contributed by atoms with Gasteiger partial charge in [0.2, 0.25) is 11.8 Å². The van der Waals surface area contributed by atoms with Crippen LogP contribution in [0.3, 0.4) is 0 Å². The molecule has 10 heteroatoms. The van der Waals surface area contributed by atoms with Crippen LogP contribution >= 0.6 is 0 Å². The molecule has 0 unspecified atom stereocenters. The quantitative estimate of drug-likeness (QED) is 0.0568. The Bertz CT molecular complexity index is 966. The summed E-state index contributed by atoms with van der Waals surface area (Å²) in [7, 11) is 0. The second kappa shape index (κ2) is 25.2. The van der Waals surface area contributed by atoms with E-state index in [0.717, 1.165) is 51.4 Å². The summed E-state index contributed by atoms with van der Waals surface area (Å²) < 4.78 is 10.3. The van der Waals surface area contributed by atoms with Crippen molar-refractivity contribution in [1.29, 1.82) is 0 Å². The normalized spacial score (nSPS) is 17.1. The lowest BCUT2D eigenvalue weighted by Gasteiger charge is -2.33. The molecule has 0 spiro atoms. The maximum atomic E-state index is 12.9. The summed E-state index contributed by atoms with van der Waals surface area (Å²) in [5.41, 5.74) is -0.971. The van der Waals surface area contributed by atoms with E-state index in [1.54, 1.807) is 13.8 Å². The van der Waals surface area contributed by atoms with Crippen molar-refractivity contribution in [1.82, 2.24) is 16.0 Å². The van der Waals surface area contributed by atoms with Gasteiger partial charge < -0.3 is 25.4 Å². The summed E-state index contributed by atoms with van der Waals surface area (Å²) in [6.07, 6.45) is 23.4. The number of carbonyl (C=O) groups excluding carboxylic acids is 5. The molecule has 0 aromatic heterocycles. The van der Waals surface area contributed by atoms with Crippen LogP contribution in [0.25, 0.3) is 0 Å². The van der Waals surface area contributed by atoms with Crippen LogP contribution in [-0.2, 0) is 33.4 Å². The van der Waals surface area contributed by atoms with Gasteiger partial charge in [0.1, 0.15) is 6.61 Å². The van der Waals surface area contributed by atoms with Crippen molar-refractivity contribution in [2.24, 2.45) is 5.41 Å². The zero-order chi connectivity index (χ0) is 34.9. The third kappa shape index (κ3) is 20.8. The second-order valence-corrected chi connectivity index (χ2v) is 13.8. The lowest BCUT2D eigenvalue weighted by Crippen LogP contribution is -2.53. The van der Waals surface area contributed by atoms with Crippen molar-refractivity contribution in [3.8, 4) is 0 Å². The first-order chi connectivity index (χ1) is 22.5. The Balaban J connectivity index is 2.30. The number of ether oxygens (including phenoxy) is 2. The molecule has 0 aromatic rings. The fourth-order valence-corrected chi connectivity index (χ4v) is 5.88. The first kappa shape index (κ1) is 42.1. The Hall–Kier alpha value is -2.91. The lowest BCUT2D eigenvalue weighted by molar-refractivity contribution is -0.166. The first-order valence-electron chi connectivity index (χ1n) is 18.3. The van der Waals surface area contributed by atoms with Gasteiger partial charge in [0.15, 0.2) is 6.10 Å². The maximum Gasteiger partial charge on any atom is 0.303 e. The molecule has 3 atom stereocenters. The predicted octanol–water partition coefficient (Wildman–Crippen LogP) is 6.59. The monoisotopic (exact) mass is 663 g/mol. The largest absolute Gasteiger partial charge is 0.465 e. The summed E-state index contributed by atoms with van der Waals surface area (Å²) in [6.45, 7) is 7.97. The Morgan fingerprint density at radius 3 is 1.77 bits per heavy atom. The molecule has 1 aliphatic rings. The van der Waals surface area contributed by atoms with E-state index in [1.165, 1.54) is 71.6 Å². The topological polar surface area (TPSA) is 140 Å². The van der Waals surface area contributed by atoms with Gasteiger partial charge in [-0.3, -0.25) is 24.0 Å². The molecule has 1 saturated carbocycles. The van der Waals surface area contributed by atoms with E-state index in [1.807, 2.05) is 0 Å². The van der Waals surface area contributed by atoms with E-state index in [9.17, 15) is 24.0 Å². The van der Waals surface area contributed by atoms with Gasteiger partial charge in [-0.05, 0) is 44.9 Å². The summed E-state index contributed by atoms with van der Waals surface area (Å²) in [5, 5.41) is 8.86. The number of unbranched alkanes of at least 4 members (excludes halogenated alkanes) is 11. The fourth-order valence-electron chi connectivity index (χ4n) is 5.88. The summed E-state index contributed by atoms with van der Waals surface area (Å²) >= 11 is 0. The van der Waals surface area contributed by atoms with E-state index in [2.05, 4.69) is 35.0 Å². The van der Waals surface area contributed by atoms with Crippen LogP contribution in [0.2, 0.25) is 0 Å². The Morgan fingerprint density at radius 1 is 0.723 bits per heavy atom. The zero-order valence-corrected chi connectivity index (χ0v) is 30.1. The third-order valence-electron chi connectivity index (χ3n) is 8.65. The molecule has 0 saturated heterocycles. The third-order valence-corrected chi connectivity index (χ3v) is 8.65. The molecular formula is C37H65N3O7. The van der Waals surface area contributed by atoms with Crippen molar-refractivity contribution in [2.45, 2.75) is 175 Å². The Labute approximate surface area is 284 Å². The van der Waals surface area contributed by atoms with Crippen molar-refractivity contribution in [3.63, 3.8) is 0 Å². The van der Waals surface area contributed by atoms with Crippen LogP contribution in [0.4, 0.5) is 0 Å². The maximum absolute atomic E-state index is 12.9. The number of hydrogen-bond donors (Lipinski definition) is 3. The Kier molecular flexibility index (Phi) is 22.5. The van der Waals surface area contributed by atoms with Crippen LogP contribution in [0.5, 0.6) is 0 Å². The minimum atomic E-state index is -1.19. The minimum absolute atomic E-state index is 0.0360. The molecule has 0 bridgehead atoms. The van der Waals surface area contributed by atoms with Crippen LogP contribution < -0.4 is 16.0 Å². The number of hydrogen-bond acceptors (Lipinski definition) is 7. The predicted molar refractivity (Wildman–Crippen MR) is 185 cm³/mol. The van der Waals surface area contributed by atoms with Crippen molar-refractivity contribution in [2.75, 3.05) is 13.2 Å². The lowest BCUT2D eigenvalue weighted by atomic mass is 9.86. The van der Waals surface area contributed by atoms with E-state index in [0.29, 0.717) is 6.42 Å². The van der Waals surface area contributed by atoms with Crippen LogP contribution in [0, 0.1) is 5.41 Å². The minimum Gasteiger partial charge on any atom is -0.465 e. The highest BCUT2D eigenvalue weighted by Gasteiger charge is 2.39. The van der Waals surface area contributed by atoms with Gasteiger partial charge in [-0.1, -0.05) is 97.1 Å². The van der Waals surface area contributed by atoms with Gasteiger partial charge in [-0.15, -0.1) is 0 Å². The average Bonchev–Trinajstić information content (AvgIpc) is 3.01. The molecule has 0 heterocycles. The van der Waals surface area contributed by atoms with Crippen LogP contribution in [0.1, 0.15) is 157 Å². The summed E-state index contributed by atoms with van der Waals surface area (Å²) in [5.74, 6) is -1.90. The number of carbonyl (C=O) groups is 5. The van der Waals surface area contributed by atoms with Crippen LogP contribution in [0.15, 0.2) is 12.2 Å². The highest BCUT2D eigenvalue weighted by Crippen LogP contribution is 2.25. The molecule has 270 valence electrons. The molecule has 1 fully saturated rings. The van der Waals surface area contributed by atoms with Gasteiger partial charge in [0.25, 0.3) is 5.91 Å². The fraction of sp³-hybridized carbons (Fsp3) is 0.811. The molecular weight excluding hydrogens is 598 g/mol. The van der Waals surface area contributed by atoms with E-state index in [4.69, 9.17) is 9.47 Å². The summed E-state index contributed by atoms with van der Waals surface area (Å²) in [4.78, 5) is 61.2. The summed E-state index contributed by atoms with van der Waals surface area (Å²) in [6, 6.07) is -0.255. The highest BCUT2D eigenvalue weighted by atomic mass is 16.6. The van der Waals surface area contributed by atoms with Gasteiger partial charge in [-0.25, -0.2) is 0 Å². The Morgan fingerprint density at radius 2 is 1.23 bits per heavy atom. The van der Waals surface area contributed by atoms with Gasteiger partial charge in [0.05, 0.1) is 0 Å². The zero-order valence-electron chi connectivity index (χ0n) is 30.1. The molecule has 1 aliphatic carbocycles.